The Morgan fingerprint density at radius 3 is 3.19 bits per heavy atom. The van der Waals surface area contributed by atoms with Crippen molar-refractivity contribution in [2.45, 2.75) is 19.1 Å². The fourth-order valence-electron chi connectivity index (χ4n) is 1.72. The maximum atomic E-state index is 5.75. The zero-order valence-corrected chi connectivity index (χ0v) is 10.9. The number of aromatic nitrogens is 1. The van der Waals surface area contributed by atoms with Crippen LogP contribution >= 0.6 is 11.3 Å². The Morgan fingerprint density at radius 1 is 1.69 bits per heavy atom. The minimum Gasteiger partial charge on any atom is -0.368 e. The van der Waals surface area contributed by atoms with Crippen LogP contribution in [0.4, 0.5) is 0 Å². The topological polar surface area (TPSA) is 37.4 Å². The Morgan fingerprint density at radius 2 is 2.50 bits per heavy atom. The van der Waals surface area contributed by atoms with E-state index in [0.29, 0.717) is 6.04 Å². The van der Waals surface area contributed by atoms with Gasteiger partial charge in [0.25, 0.3) is 0 Å². The molecular weight excluding hydrogens is 222 g/mol. The van der Waals surface area contributed by atoms with Crippen molar-refractivity contribution in [2.75, 3.05) is 33.8 Å². The molecule has 1 saturated heterocycles. The molecule has 2 unspecified atom stereocenters. The van der Waals surface area contributed by atoms with Gasteiger partial charge in [-0.05, 0) is 21.0 Å². The predicted molar refractivity (Wildman–Crippen MR) is 65.8 cm³/mol. The molecule has 1 fully saturated rings. The van der Waals surface area contributed by atoms with Gasteiger partial charge in [-0.3, -0.25) is 0 Å². The number of hydrogen-bond acceptors (Lipinski definition) is 5. The summed E-state index contributed by atoms with van der Waals surface area (Å²) in [4.78, 5) is 8.03. The van der Waals surface area contributed by atoms with Crippen LogP contribution in [-0.2, 0) is 4.74 Å². The third-order valence-corrected chi connectivity index (χ3v) is 4.22. The van der Waals surface area contributed by atoms with Crippen molar-refractivity contribution >= 4 is 11.3 Å². The minimum atomic E-state index is 0.154. The van der Waals surface area contributed by atoms with Gasteiger partial charge in [-0.25, -0.2) is 4.98 Å². The van der Waals surface area contributed by atoms with E-state index in [9.17, 15) is 0 Å². The summed E-state index contributed by atoms with van der Waals surface area (Å²) in [5.74, 6) is 0. The molecule has 1 N–H and O–H groups in total. The standard InChI is InChI=1S/C11H19N3OS/c1-8(12-2)10-6-13-11(16-10)9-7-14(3)4-5-15-9/h6,8-9,12H,4-5,7H2,1-3H3. The monoisotopic (exact) mass is 241 g/mol. The quantitative estimate of drug-likeness (QED) is 0.868. The van der Waals surface area contributed by atoms with Gasteiger partial charge in [0, 0.05) is 30.2 Å². The van der Waals surface area contributed by atoms with Crippen molar-refractivity contribution < 1.29 is 4.74 Å². The predicted octanol–water partition coefficient (Wildman–Crippen LogP) is 1.43. The molecule has 0 aliphatic carbocycles. The van der Waals surface area contributed by atoms with E-state index < -0.39 is 0 Å². The number of thiazole rings is 1. The number of nitrogens with one attached hydrogen (secondary N) is 1. The summed E-state index contributed by atoms with van der Waals surface area (Å²) in [6, 6.07) is 0.368. The van der Waals surface area contributed by atoms with Crippen molar-refractivity contribution in [1.82, 2.24) is 15.2 Å². The van der Waals surface area contributed by atoms with Crippen LogP contribution in [0.15, 0.2) is 6.20 Å². The molecular formula is C11H19N3OS. The van der Waals surface area contributed by atoms with E-state index in [2.05, 4.69) is 29.2 Å². The Balaban J connectivity index is 2.06. The zero-order chi connectivity index (χ0) is 11.5. The van der Waals surface area contributed by atoms with Crippen molar-refractivity contribution in [2.24, 2.45) is 0 Å². The van der Waals surface area contributed by atoms with Gasteiger partial charge in [-0.2, -0.15) is 0 Å². The van der Waals surface area contributed by atoms with Crippen LogP contribution in [0.1, 0.15) is 29.0 Å². The molecule has 5 heteroatoms. The molecule has 0 aromatic carbocycles. The van der Waals surface area contributed by atoms with Crippen molar-refractivity contribution in [1.29, 1.82) is 0 Å². The second kappa shape index (κ2) is 5.23. The van der Waals surface area contributed by atoms with Gasteiger partial charge >= 0.3 is 0 Å². The Labute approximate surface area is 101 Å². The lowest BCUT2D eigenvalue weighted by Gasteiger charge is -2.28. The molecule has 2 atom stereocenters. The normalized spacial score (nSPS) is 24.6. The first-order valence-electron chi connectivity index (χ1n) is 5.63. The molecule has 1 aliphatic heterocycles. The molecule has 2 rings (SSSR count). The van der Waals surface area contributed by atoms with Crippen molar-refractivity contribution in [3.63, 3.8) is 0 Å². The highest BCUT2D eigenvalue weighted by Crippen LogP contribution is 2.28. The van der Waals surface area contributed by atoms with Gasteiger partial charge in [0.15, 0.2) is 0 Å². The van der Waals surface area contributed by atoms with Crippen LogP contribution in [0.2, 0.25) is 0 Å². The Kier molecular flexibility index (Phi) is 3.91. The molecule has 0 saturated carbocycles. The molecule has 0 amide bonds. The molecule has 1 aromatic heterocycles. The van der Waals surface area contributed by atoms with E-state index in [0.717, 1.165) is 24.7 Å². The van der Waals surface area contributed by atoms with E-state index >= 15 is 0 Å². The van der Waals surface area contributed by atoms with Gasteiger partial charge in [0.1, 0.15) is 11.1 Å². The summed E-state index contributed by atoms with van der Waals surface area (Å²) >= 11 is 1.75. The summed E-state index contributed by atoms with van der Waals surface area (Å²) < 4.78 is 5.75. The summed E-state index contributed by atoms with van der Waals surface area (Å²) in [5.41, 5.74) is 0. The molecule has 0 radical (unpaired) electrons. The van der Waals surface area contributed by atoms with E-state index in [-0.39, 0.29) is 6.10 Å². The van der Waals surface area contributed by atoms with Gasteiger partial charge < -0.3 is 15.0 Å². The summed E-state index contributed by atoms with van der Waals surface area (Å²) in [7, 11) is 4.09. The molecule has 16 heavy (non-hydrogen) atoms. The van der Waals surface area contributed by atoms with Gasteiger partial charge in [0.05, 0.1) is 6.61 Å². The Hall–Kier alpha value is -0.490. The van der Waals surface area contributed by atoms with Crippen LogP contribution in [-0.4, -0.2) is 43.7 Å². The highest BCUT2D eigenvalue weighted by molar-refractivity contribution is 7.11. The fraction of sp³-hybridized carbons (Fsp3) is 0.727. The Bertz CT molecular complexity index is 342. The van der Waals surface area contributed by atoms with Crippen LogP contribution in [0.3, 0.4) is 0 Å². The molecule has 0 bridgehead atoms. The fourth-order valence-corrected chi connectivity index (χ4v) is 2.74. The van der Waals surface area contributed by atoms with Crippen LogP contribution < -0.4 is 5.32 Å². The first kappa shape index (κ1) is 12.0. The molecule has 2 heterocycles. The number of hydrogen-bond donors (Lipinski definition) is 1. The lowest BCUT2D eigenvalue weighted by Crippen LogP contribution is -2.35. The number of rotatable bonds is 3. The number of ether oxygens (including phenoxy) is 1. The lowest BCUT2D eigenvalue weighted by molar-refractivity contribution is -0.0209. The summed E-state index contributed by atoms with van der Waals surface area (Å²) in [5, 5.41) is 4.33. The lowest BCUT2D eigenvalue weighted by atomic mass is 10.3. The molecule has 90 valence electrons. The average Bonchev–Trinajstić information content (AvgIpc) is 2.77. The average molecular weight is 241 g/mol. The maximum Gasteiger partial charge on any atom is 0.123 e. The number of likely N-dealkylation sites (N-methyl/N-ethyl adjacent to an activating group) is 1. The first-order valence-corrected chi connectivity index (χ1v) is 6.45. The van der Waals surface area contributed by atoms with E-state index in [1.54, 1.807) is 11.3 Å². The zero-order valence-electron chi connectivity index (χ0n) is 10.1. The third kappa shape index (κ3) is 2.60. The number of morpholine rings is 1. The SMILES string of the molecule is CNC(C)c1cnc(C2CN(C)CCO2)s1. The van der Waals surface area contributed by atoms with Crippen LogP contribution in [0, 0.1) is 0 Å². The molecule has 4 nitrogen and oxygen atoms in total. The summed E-state index contributed by atoms with van der Waals surface area (Å²) in [6.07, 6.45) is 2.11. The van der Waals surface area contributed by atoms with Gasteiger partial charge in [-0.15, -0.1) is 11.3 Å². The van der Waals surface area contributed by atoms with Crippen LogP contribution in [0.25, 0.3) is 0 Å². The second-order valence-corrected chi connectivity index (χ2v) is 5.33. The van der Waals surface area contributed by atoms with Crippen molar-refractivity contribution in [3.05, 3.63) is 16.1 Å². The van der Waals surface area contributed by atoms with Crippen molar-refractivity contribution in [3.8, 4) is 0 Å². The number of nitrogens with zero attached hydrogens (tertiary/aromatic N) is 2. The highest BCUT2D eigenvalue weighted by Gasteiger charge is 2.22. The van der Waals surface area contributed by atoms with E-state index in [1.807, 2.05) is 13.2 Å². The van der Waals surface area contributed by atoms with Gasteiger partial charge in [-0.1, -0.05) is 0 Å². The minimum absolute atomic E-state index is 0.154. The van der Waals surface area contributed by atoms with Crippen LogP contribution in [0.5, 0.6) is 0 Å². The van der Waals surface area contributed by atoms with E-state index in [1.165, 1.54) is 4.88 Å². The third-order valence-electron chi connectivity index (χ3n) is 2.95. The highest BCUT2D eigenvalue weighted by atomic mass is 32.1. The molecule has 0 spiro atoms. The molecule has 1 aliphatic rings. The maximum absolute atomic E-state index is 5.75. The van der Waals surface area contributed by atoms with E-state index in [4.69, 9.17) is 4.74 Å². The van der Waals surface area contributed by atoms with Gasteiger partial charge in [0.2, 0.25) is 0 Å². The summed E-state index contributed by atoms with van der Waals surface area (Å²) in [6.45, 7) is 4.91. The largest absolute Gasteiger partial charge is 0.368 e. The first-order chi connectivity index (χ1) is 7.70. The second-order valence-electron chi connectivity index (χ2n) is 4.23. The smallest absolute Gasteiger partial charge is 0.123 e. The molecule has 1 aromatic rings.